The van der Waals surface area contributed by atoms with E-state index < -0.39 is 0 Å². The van der Waals surface area contributed by atoms with Crippen molar-refractivity contribution in [3.05, 3.63) is 70.1 Å². The van der Waals surface area contributed by atoms with Gasteiger partial charge in [-0.1, -0.05) is 35.3 Å². The van der Waals surface area contributed by atoms with Crippen molar-refractivity contribution in [2.75, 3.05) is 6.54 Å². The van der Waals surface area contributed by atoms with E-state index >= 15 is 0 Å². The highest BCUT2D eigenvalue weighted by Crippen LogP contribution is 2.12. The number of hydrogen-bond donors (Lipinski definition) is 1. The quantitative estimate of drug-likeness (QED) is 0.792. The van der Waals surface area contributed by atoms with Gasteiger partial charge in [0.1, 0.15) is 11.3 Å². The average molecular weight is 334 g/mol. The van der Waals surface area contributed by atoms with E-state index in [-0.39, 0.29) is 5.91 Å². The van der Waals surface area contributed by atoms with Gasteiger partial charge in [0.2, 0.25) is 0 Å². The van der Waals surface area contributed by atoms with Crippen LogP contribution in [0.1, 0.15) is 16.1 Å². The lowest BCUT2D eigenvalue weighted by Gasteiger charge is -2.03. The van der Waals surface area contributed by atoms with Gasteiger partial charge in [-0.25, -0.2) is 4.98 Å². The first kappa shape index (κ1) is 14.9. The molecule has 6 heteroatoms. The highest BCUT2D eigenvalue weighted by atomic mass is 35.5. The monoisotopic (exact) mass is 333 g/mol. The number of benzene rings is 1. The lowest BCUT2D eigenvalue weighted by molar-refractivity contribution is 0.0950. The molecule has 1 amide bonds. The third-order valence-corrected chi connectivity index (χ3v) is 3.74. The van der Waals surface area contributed by atoms with Crippen LogP contribution in [0.25, 0.3) is 5.65 Å². The van der Waals surface area contributed by atoms with E-state index in [1.807, 2.05) is 24.3 Å². The van der Waals surface area contributed by atoms with E-state index in [2.05, 4.69) is 10.3 Å². The molecule has 0 bridgehead atoms. The number of fused-ring (bicyclic) bond motifs is 1. The van der Waals surface area contributed by atoms with Gasteiger partial charge in [-0.2, -0.15) is 0 Å². The summed E-state index contributed by atoms with van der Waals surface area (Å²) < 4.78 is 1.73. The van der Waals surface area contributed by atoms with E-state index in [0.29, 0.717) is 27.9 Å². The summed E-state index contributed by atoms with van der Waals surface area (Å²) in [7, 11) is 0. The molecule has 3 rings (SSSR count). The summed E-state index contributed by atoms with van der Waals surface area (Å²) in [5.41, 5.74) is 2.18. The zero-order valence-corrected chi connectivity index (χ0v) is 13.1. The minimum absolute atomic E-state index is 0.200. The molecule has 22 heavy (non-hydrogen) atoms. The number of aromatic nitrogens is 2. The molecule has 2 aromatic heterocycles. The zero-order chi connectivity index (χ0) is 15.5. The fourth-order valence-corrected chi connectivity index (χ4v) is 2.43. The van der Waals surface area contributed by atoms with Crippen LogP contribution in [0.3, 0.4) is 0 Å². The third-order valence-electron chi connectivity index (χ3n) is 3.26. The van der Waals surface area contributed by atoms with Gasteiger partial charge in [0.15, 0.2) is 0 Å². The standard InChI is InChI=1S/C16H13Cl2N3O/c17-12-3-1-11(2-4-12)7-8-19-16(22)14-10-21-9-13(18)5-6-15(21)20-14/h1-6,9-10H,7-8H2,(H,19,22). The molecule has 0 saturated carbocycles. The molecule has 0 unspecified atom stereocenters. The zero-order valence-electron chi connectivity index (χ0n) is 11.6. The normalized spacial score (nSPS) is 10.8. The molecule has 0 spiro atoms. The lowest BCUT2D eigenvalue weighted by Crippen LogP contribution is -2.25. The minimum Gasteiger partial charge on any atom is -0.350 e. The molecule has 0 aliphatic carbocycles. The number of halogens is 2. The molecule has 0 saturated heterocycles. The first-order valence-electron chi connectivity index (χ1n) is 6.79. The molecule has 0 fully saturated rings. The lowest BCUT2D eigenvalue weighted by atomic mass is 10.1. The van der Waals surface area contributed by atoms with Gasteiger partial charge in [0.25, 0.3) is 5.91 Å². The molecule has 3 aromatic rings. The van der Waals surface area contributed by atoms with Crippen LogP contribution in [0.15, 0.2) is 48.8 Å². The van der Waals surface area contributed by atoms with Crippen molar-refractivity contribution in [2.24, 2.45) is 0 Å². The van der Waals surface area contributed by atoms with Crippen LogP contribution in [-0.4, -0.2) is 21.8 Å². The summed E-state index contributed by atoms with van der Waals surface area (Å²) >= 11 is 11.7. The summed E-state index contributed by atoms with van der Waals surface area (Å²) in [5, 5.41) is 4.16. The molecular formula is C16H13Cl2N3O. The largest absolute Gasteiger partial charge is 0.350 e. The van der Waals surface area contributed by atoms with Crippen molar-refractivity contribution in [1.29, 1.82) is 0 Å². The molecule has 4 nitrogen and oxygen atoms in total. The van der Waals surface area contributed by atoms with Crippen LogP contribution in [-0.2, 0) is 6.42 Å². The van der Waals surface area contributed by atoms with E-state index in [1.165, 1.54) is 0 Å². The molecule has 2 heterocycles. The molecule has 0 atom stereocenters. The Morgan fingerprint density at radius 3 is 2.55 bits per heavy atom. The van der Waals surface area contributed by atoms with Crippen molar-refractivity contribution in [1.82, 2.24) is 14.7 Å². The summed E-state index contributed by atoms with van der Waals surface area (Å²) in [6.45, 7) is 0.537. The van der Waals surface area contributed by atoms with Crippen LogP contribution in [0.2, 0.25) is 10.0 Å². The average Bonchev–Trinajstić information content (AvgIpc) is 2.92. The van der Waals surface area contributed by atoms with Gasteiger partial charge >= 0.3 is 0 Å². The van der Waals surface area contributed by atoms with E-state index in [9.17, 15) is 4.79 Å². The highest BCUT2D eigenvalue weighted by molar-refractivity contribution is 6.30. The second kappa shape index (κ2) is 6.38. The Morgan fingerprint density at radius 1 is 1.05 bits per heavy atom. The van der Waals surface area contributed by atoms with Crippen LogP contribution < -0.4 is 5.32 Å². The maximum atomic E-state index is 12.1. The summed E-state index contributed by atoms with van der Waals surface area (Å²) in [5.74, 6) is -0.200. The second-order valence-corrected chi connectivity index (χ2v) is 5.74. The van der Waals surface area contributed by atoms with Gasteiger partial charge in [0.05, 0.1) is 5.02 Å². The van der Waals surface area contributed by atoms with Gasteiger partial charge in [-0.15, -0.1) is 0 Å². The Balaban J connectivity index is 1.62. The van der Waals surface area contributed by atoms with E-state index in [0.717, 1.165) is 12.0 Å². The van der Waals surface area contributed by atoms with Crippen LogP contribution >= 0.6 is 23.2 Å². The Morgan fingerprint density at radius 2 is 1.77 bits per heavy atom. The first-order valence-corrected chi connectivity index (χ1v) is 7.54. The molecule has 112 valence electrons. The maximum absolute atomic E-state index is 12.1. The van der Waals surface area contributed by atoms with Gasteiger partial charge in [0, 0.05) is 24.0 Å². The van der Waals surface area contributed by atoms with E-state index in [1.54, 1.807) is 28.9 Å². The number of imidazole rings is 1. The number of nitrogens with zero attached hydrogens (tertiary/aromatic N) is 2. The van der Waals surface area contributed by atoms with Crippen molar-refractivity contribution in [3.63, 3.8) is 0 Å². The number of hydrogen-bond acceptors (Lipinski definition) is 2. The minimum atomic E-state index is -0.200. The number of pyridine rings is 1. The smallest absolute Gasteiger partial charge is 0.271 e. The predicted octanol–water partition coefficient (Wildman–Crippen LogP) is 3.61. The Kier molecular flexibility index (Phi) is 4.32. The van der Waals surface area contributed by atoms with Gasteiger partial charge in [-0.3, -0.25) is 4.79 Å². The molecule has 1 aromatic carbocycles. The Labute approximate surface area is 137 Å². The van der Waals surface area contributed by atoms with Crippen molar-refractivity contribution in [2.45, 2.75) is 6.42 Å². The van der Waals surface area contributed by atoms with Gasteiger partial charge in [-0.05, 0) is 36.2 Å². The molecule has 1 N–H and O–H groups in total. The number of carbonyl (C=O) groups excluding carboxylic acids is 1. The van der Waals surface area contributed by atoms with Gasteiger partial charge < -0.3 is 9.72 Å². The SMILES string of the molecule is O=C(NCCc1ccc(Cl)cc1)c1cn2cc(Cl)ccc2n1. The Hall–Kier alpha value is -2.04. The number of amides is 1. The first-order chi connectivity index (χ1) is 10.6. The fraction of sp³-hybridized carbons (Fsp3) is 0.125. The molecule has 0 aliphatic rings. The Bertz CT molecular complexity index is 812. The molecule has 0 aliphatic heterocycles. The summed E-state index contributed by atoms with van der Waals surface area (Å²) in [6, 6.07) is 11.1. The van der Waals surface area contributed by atoms with Crippen LogP contribution in [0, 0.1) is 0 Å². The fourth-order valence-electron chi connectivity index (χ4n) is 2.14. The van der Waals surface area contributed by atoms with Crippen molar-refractivity contribution < 1.29 is 4.79 Å². The summed E-state index contributed by atoms with van der Waals surface area (Å²) in [6.07, 6.45) is 4.12. The molecule has 0 radical (unpaired) electrons. The number of rotatable bonds is 4. The van der Waals surface area contributed by atoms with Crippen molar-refractivity contribution >= 4 is 34.8 Å². The topological polar surface area (TPSA) is 46.4 Å². The molecular weight excluding hydrogens is 321 g/mol. The number of carbonyl (C=O) groups is 1. The maximum Gasteiger partial charge on any atom is 0.271 e. The number of nitrogens with one attached hydrogen (secondary N) is 1. The van der Waals surface area contributed by atoms with Crippen LogP contribution in [0.5, 0.6) is 0 Å². The highest BCUT2D eigenvalue weighted by Gasteiger charge is 2.10. The third kappa shape index (κ3) is 3.40. The van der Waals surface area contributed by atoms with Crippen molar-refractivity contribution in [3.8, 4) is 0 Å². The van der Waals surface area contributed by atoms with E-state index in [4.69, 9.17) is 23.2 Å². The predicted molar refractivity (Wildman–Crippen MR) is 87.7 cm³/mol. The second-order valence-electron chi connectivity index (χ2n) is 4.87. The van der Waals surface area contributed by atoms with Crippen LogP contribution in [0.4, 0.5) is 0 Å². The summed E-state index contributed by atoms with van der Waals surface area (Å²) in [4.78, 5) is 16.4.